The van der Waals surface area contributed by atoms with Crippen molar-refractivity contribution >= 4 is 21.6 Å². The quantitative estimate of drug-likeness (QED) is 0.863. The summed E-state index contributed by atoms with van der Waals surface area (Å²) in [6, 6.07) is 4.42. The van der Waals surface area contributed by atoms with Crippen molar-refractivity contribution < 1.29 is 21.6 Å². The van der Waals surface area contributed by atoms with Crippen LogP contribution in [0.2, 0.25) is 5.02 Å². The molecule has 0 unspecified atom stereocenters. The molecule has 0 radical (unpaired) electrons. The van der Waals surface area contributed by atoms with Gasteiger partial charge in [-0.15, -0.1) is 0 Å². The van der Waals surface area contributed by atoms with Gasteiger partial charge in [0.25, 0.3) is 0 Å². The van der Waals surface area contributed by atoms with Crippen LogP contribution in [0.3, 0.4) is 0 Å². The average molecular weight is 345 g/mol. The van der Waals surface area contributed by atoms with Crippen molar-refractivity contribution in [1.82, 2.24) is 9.62 Å². The van der Waals surface area contributed by atoms with E-state index < -0.39 is 29.2 Å². The van der Waals surface area contributed by atoms with Crippen LogP contribution in [0.4, 0.5) is 13.2 Å². The van der Waals surface area contributed by atoms with Crippen LogP contribution in [-0.4, -0.2) is 39.5 Å². The second-order valence-corrected chi connectivity index (χ2v) is 6.91. The average Bonchev–Trinajstić information content (AvgIpc) is 2.37. The number of rotatable bonds is 6. The Kier molecular flexibility index (Phi) is 6.03. The molecule has 1 aromatic carbocycles. The molecular weight excluding hydrogens is 329 g/mol. The number of nitrogens with one attached hydrogen (secondary N) is 1. The summed E-state index contributed by atoms with van der Waals surface area (Å²) in [5, 5.41) is 2.84. The zero-order chi connectivity index (χ0) is 16.3. The van der Waals surface area contributed by atoms with E-state index in [1.807, 2.05) is 0 Å². The van der Waals surface area contributed by atoms with Crippen LogP contribution in [0, 0.1) is 0 Å². The number of alkyl halides is 3. The van der Waals surface area contributed by atoms with Gasteiger partial charge in [0.15, 0.2) is 0 Å². The highest BCUT2D eigenvalue weighted by molar-refractivity contribution is 7.89. The van der Waals surface area contributed by atoms with Gasteiger partial charge in [-0.2, -0.15) is 13.2 Å². The van der Waals surface area contributed by atoms with Crippen molar-refractivity contribution in [3.05, 3.63) is 28.8 Å². The predicted molar refractivity (Wildman–Crippen MR) is 74.7 cm³/mol. The fraction of sp³-hybridized carbons (Fsp3) is 0.500. The van der Waals surface area contributed by atoms with E-state index in [9.17, 15) is 21.6 Å². The van der Waals surface area contributed by atoms with Gasteiger partial charge in [0.05, 0.1) is 11.4 Å². The van der Waals surface area contributed by atoms with E-state index in [0.29, 0.717) is 16.4 Å². The molecule has 0 saturated heterocycles. The van der Waals surface area contributed by atoms with E-state index in [4.69, 9.17) is 11.6 Å². The van der Waals surface area contributed by atoms with Crippen LogP contribution in [0.15, 0.2) is 23.1 Å². The van der Waals surface area contributed by atoms with Crippen LogP contribution in [-0.2, 0) is 16.6 Å². The van der Waals surface area contributed by atoms with Crippen LogP contribution in [0.5, 0.6) is 0 Å². The molecule has 0 aromatic heterocycles. The number of hydrogen-bond donors (Lipinski definition) is 1. The number of hydrogen-bond acceptors (Lipinski definition) is 3. The lowest BCUT2D eigenvalue weighted by Crippen LogP contribution is -2.31. The first-order valence-corrected chi connectivity index (χ1v) is 7.86. The molecule has 9 heteroatoms. The van der Waals surface area contributed by atoms with Crippen molar-refractivity contribution in [1.29, 1.82) is 0 Å². The van der Waals surface area contributed by atoms with Gasteiger partial charge >= 0.3 is 6.18 Å². The third-order valence-corrected chi connectivity index (χ3v) is 5.11. The molecule has 120 valence electrons. The molecule has 0 heterocycles. The number of nitrogens with zero attached hydrogens (tertiary/aromatic N) is 1. The molecule has 4 nitrogen and oxygen atoms in total. The minimum Gasteiger partial charge on any atom is -0.316 e. The van der Waals surface area contributed by atoms with Crippen LogP contribution >= 0.6 is 11.6 Å². The van der Waals surface area contributed by atoms with E-state index in [2.05, 4.69) is 5.32 Å². The fourth-order valence-electron chi connectivity index (χ4n) is 1.63. The molecule has 0 atom stereocenters. The van der Waals surface area contributed by atoms with Gasteiger partial charge in [-0.25, -0.2) is 12.7 Å². The Morgan fingerprint density at radius 3 is 2.48 bits per heavy atom. The highest BCUT2D eigenvalue weighted by Crippen LogP contribution is 2.27. The maximum Gasteiger partial charge on any atom is 0.390 e. The largest absolute Gasteiger partial charge is 0.390 e. The number of halogens is 4. The molecule has 0 bridgehead atoms. The standard InChI is InChI=1S/C12H16ClF3N2O2S/c1-17-8-9-3-4-10(13)11(7-9)21(19,20)18(2)6-5-12(14,15)16/h3-4,7,17H,5-6,8H2,1-2H3. The zero-order valence-corrected chi connectivity index (χ0v) is 13.1. The van der Waals surface area contributed by atoms with Gasteiger partial charge in [0, 0.05) is 20.1 Å². The van der Waals surface area contributed by atoms with Crippen molar-refractivity contribution in [3.8, 4) is 0 Å². The number of sulfonamides is 1. The smallest absolute Gasteiger partial charge is 0.316 e. The maximum absolute atomic E-state index is 12.3. The fourth-order valence-corrected chi connectivity index (χ4v) is 3.32. The Bertz CT molecular complexity index is 591. The van der Waals surface area contributed by atoms with E-state index in [0.717, 1.165) is 7.05 Å². The first-order valence-electron chi connectivity index (χ1n) is 6.04. The molecule has 1 aromatic rings. The van der Waals surface area contributed by atoms with Crippen LogP contribution < -0.4 is 5.32 Å². The van der Waals surface area contributed by atoms with Crippen molar-refractivity contribution in [2.75, 3.05) is 20.6 Å². The SMILES string of the molecule is CNCc1ccc(Cl)c(S(=O)(=O)N(C)CCC(F)(F)F)c1. The number of benzene rings is 1. The van der Waals surface area contributed by atoms with E-state index in [1.54, 1.807) is 13.1 Å². The van der Waals surface area contributed by atoms with Crippen molar-refractivity contribution in [2.24, 2.45) is 0 Å². The van der Waals surface area contributed by atoms with Crippen LogP contribution in [0.25, 0.3) is 0 Å². The summed E-state index contributed by atoms with van der Waals surface area (Å²) < 4.78 is 61.8. The monoisotopic (exact) mass is 344 g/mol. The molecule has 0 saturated carbocycles. The summed E-state index contributed by atoms with van der Waals surface area (Å²) >= 11 is 5.87. The van der Waals surface area contributed by atoms with Crippen LogP contribution in [0.1, 0.15) is 12.0 Å². The molecule has 0 aliphatic carbocycles. The molecule has 0 amide bonds. The lowest BCUT2D eigenvalue weighted by molar-refractivity contribution is -0.135. The van der Waals surface area contributed by atoms with Gasteiger partial charge in [-0.3, -0.25) is 0 Å². The van der Waals surface area contributed by atoms with Gasteiger partial charge < -0.3 is 5.32 Å². The Labute approximate surface area is 126 Å². The summed E-state index contributed by atoms with van der Waals surface area (Å²) in [6.45, 7) is -0.232. The minimum atomic E-state index is -4.42. The molecule has 0 aliphatic rings. The molecular formula is C12H16ClF3N2O2S. The predicted octanol–water partition coefficient (Wildman–Crippen LogP) is 2.63. The Hall–Kier alpha value is -0.830. The van der Waals surface area contributed by atoms with E-state index in [-0.39, 0.29) is 9.92 Å². The normalized spacial score (nSPS) is 12.9. The second-order valence-electron chi connectivity index (χ2n) is 4.49. The first-order chi connectivity index (χ1) is 9.58. The van der Waals surface area contributed by atoms with Gasteiger partial charge in [-0.05, 0) is 24.7 Å². The Morgan fingerprint density at radius 2 is 1.95 bits per heavy atom. The molecule has 1 N–H and O–H groups in total. The lowest BCUT2D eigenvalue weighted by atomic mass is 10.2. The third kappa shape index (κ3) is 5.14. The van der Waals surface area contributed by atoms with E-state index >= 15 is 0 Å². The second kappa shape index (κ2) is 6.95. The molecule has 1 rings (SSSR count). The summed E-state index contributed by atoms with van der Waals surface area (Å²) in [6.07, 6.45) is -5.63. The summed E-state index contributed by atoms with van der Waals surface area (Å²) in [4.78, 5) is -0.193. The minimum absolute atomic E-state index is 0.0197. The Balaban J connectivity index is 3.03. The van der Waals surface area contributed by atoms with E-state index in [1.165, 1.54) is 12.1 Å². The summed E-state index contributed by atoms with van der Waals surface area (Å²) in [7, 11) is -1.27. The summed E-state index contributed by atoms with van der Waals surface area (Å²) in [5.74, 6) is 0. The topological polar surface area (TPSA) is 49.4 Å². The lowest BCUT2D eigenvalue weighted by Gasteiger charge is -2.19. The van der Waals surface area contributed by atoms with Gasteiger partial charge in [-0.1, -0.05) is 17.7 Å². The van der Waals surface area contributed by atoms with Crippen molar-refractivity contribution in [3.63, 3.8) is 0 Å². The molecule has 21 heavy (non-hydrogen) atoms. The summed E-state index contributed by atoms with van der Waals surface area (Å²) in [5.41, 5.74) is 0.671. The highest BCUT2D eigenvalue weighted by atomic mass is 35.5. The molecule has 0 aliphatic heterocycles. The molecule has 0 fully saturated rings. The third-order valence-electron chi connectivity index (χ3n) is 2.77. The Morgan fingerprint density at radius 1 is 1.33 bits per heavy atom. The van der Waals surface area contributed by atoms with Crippen molar-refractivity contribution in [2.45, 2.75) is 24.0 Å². The zero-order valence-electron chi connectivity index (χ0n) is 11.5. The first kappa shape index (κ1) is 18.2. The highest BCUT2D eigenvalue weighted by Gasteiger charge is 2.31. The van der Waals surface area contributed by atoms with Gasteiger partial charge in [0.2, 0.25) is 10.0 Å². The molecule has 0 spiro atoms. The van der Waals surface area contributed by atoms with Gasteiger partial charge in [0.1, 0.15) is 4.90 Å². The maximum atomic E-state index is 12.3.